The number of allylic oxidation sites excluding steroid dienone is 7. The van der Waals surface area contributed by atoms with Gasteiger partial charge in [-0.1, -0.05) is 48.2 Å². The Morgan fingerprint density at radius 2 is 2.05 bits per heavy atom. The van der Waals surface area contributed by atoms with Crippen molar-refractivity contribution in [2.75, 3.05) is 0 Å². The highest BCUT2D eigenvalue weighted by molar-refractivity contribution is 8.04. The van der Waals surface area contributed by atoms with Gasteiger partial charge in [0.05, 0.1) is 0 Å². The molecule has 2 unspecified atom stereocenters. The molecule has 2 aliphatic carbocycles. The molecule has 1 aliphatic heterocycles. The van der Waals surface area contributed by atoms with Crippen LogP contribution in [0, 0.1) is 17.8 Å². The van der Waals surface area contributed by atoms with Crippen molar-refractivity contribution in [2.24, 2.45) is 11.7 Å². The fourth-order valence-electron chi connectivity index (χ4n) is 3.30. The molecule has 2 atom stereocenters. The number of hydrogen-bond donors (Lipinski definition) is 1. The molecular weight excluding hydrogens is 286 g/mol. The first-order valence-electron chi connectivity index (χ1n) is 7.59. The van der Waals surface area contributed by atoms with E-state index in [2.05, 4.69) is 60.4 Å². The van der Waals surface area contributed by atoms with Crippen molar-refractivity contribution < 1.29 is 0 Å². The minimum atomic E-state index is 0.362. The zero-order chi connectivity index (χ0) is 14.9. The van der Waals surface area contributed by atoms with Gasteiger partial charge in [-0.05, 0) is 41.4 Å². The standard InChI is InChI=1S/C20H17NS/c21-18-12-11-16-15-9-5-2-6-10-19(15)22-20(16)17(18)13-14-7-3-1-4-8-14/h1,3-5,7-9,11-12,17,20H,10,13,21H2. The molecule has 1 nitrogen and oxygen atoms in total. The van der Waals surface area contributed by atoms with Gasteiger partial charge in [0, 0.05) is 28.2 Å². The number of nitrogens with two attached hydrogens (primary N) is 1. The fourth-order valence-corrected chi connectivity index (χ4v) is 4.82. The molecule has 4 rings (SSSR count). The molecule has 1 heterocycles. The molecule has 2 N–H and O–H groups in total. The van der Waals surface area contributed by atoms with Crippen molar-refractivity contribution >= 4 is 11.8 Å². The Morgan fingerprint density at radius 1 is 1.18 bits per heavy atom. The maximum Gasteiger partial charge on any atom is 0.0433 e. The van der Waals surface area contributed by atoms with E-state index in [9.17, 15) is 0 Å². The second-order valence-corrected chi connectivity index (χ2v) is 7.03. The van der Waals surface area contributed by atoms with Crippen LogP contribution in [0.4, 0.5) is 0 Å². The monoisotopic (exact) mass is 303 g/mol. The SMILES string of the molecule is NC1=CC=C2C3=C(CC#CC=C3)SC2C1Cc1ccccc1. The summed E-state index contributed by atoms with van der Waals surface area (Å²) < 4.78 is 0. The predicted octanol–water partition coefficient (Wildman–Crippen LogP) is 3.96. The third kappa shape index (κ3) is 2.32. The van der Waals surface area contributed by atoms with Crippen molar-refractivity contribution in [1.29, 1.82) is 0 Å². The lowest BCUT2D eigenvalue weighted by Crippen LogP contribution is -2.28. The zero-order valence-corrected chi connectivity index (χ0v) is 13.1. The first-order chi connectivity index (χ1) is 10.8. The number of hydrogen-bond acceptors (Lipinski definition) is 2. The van der Waals surface area contributed by atoms with E-state index in [-0.39, 0.29) is 0 Å². The molecule has 1 aromatic carbocycles. The molecule has 2 heteroatoms. The summed E-state index contributed by atoms with van der Waals surface area (Å²) in [5.41, 5.74) is 11.5. The minimum Gasteiger partial charge on any atom is -0.402 e. The maximum absolute atomic E-state index is 6.34. The number of rotatable bonds is 2. The van der Waals surface area contributed by atoms with Gasteiger partial charge in [0.15, 0.2) is 0 Å². The molecule has 0 radical (unpaired) electrons. The molecule has 3 aliphatic rings. The van der Waals surface area contributed by atoms with Gasteiger partial charge in [-0.15, -0.1) is 11.8 Å². The van der Waals surface area contributed by atoms with Crippen LogP contribution in [-0.2, 0) is 6.42 Å². The van der Waals surface area contributed by atoms with Crippen molar-refractivity contribution in [3.05, 3.63) is 81.9 Å². The van der Waals surface area contributed by atoms with Crippen molar-refractivity contribution in [3.63, 3.8) is 0 Å². The van der Waals surface area contributed by atoms with Crippen LogP contribution in [0.2, 0.25) is 0 Å². The van der Waals surface area contributed by atoms with Crippen molar-refractivity contribution in [3.8, 4) is 11.8 Å². The second kappa shape index (κ2) is 5.59. The number of thioether (sulfide) groups is 1. The van der Waals surface area contributed by atoms with Crippen LogP contribution in [0.15, 0.2) is 76.4 Å². The summed E-state index contributed by atoms with van der Waals surface area (Å²) in [6.45, 7) is 0. The molecule has 0 fully saturated rings. The highest BCUT2D eigenvalue weighted by Gasteiger charge is 2.37. The molecule has 0 aromatic heterocycles. The maximum atomic E-state index is 6.34. The fraction of sp³-hybridized carbons (Fsp3) is 0.200. The van der Waals surface area contributed by atoms with Crippen LogP contribution in [-0.4, -0.2) is 5.25 Å². The van der Waals surface area contributed by atoms with Gasteiger partial charge in [-0.3, -0.25) is 0 Å². The molecule has 0 amide bonds. The first kappa shape index (κ1) is 13.5. The van der Waals surface area contributed by atoms with Crippen molar-refractivity contribution in [1.82, 2.24) is 0 Å². The van der Waals surface area contributed by atoms with Gasteiger partial charge < -0.3 is 5.73 Å². The van der Waals surface area contributed by atoms with Crippen LogP contribution >= 0.6 is 11.8 Å². The van der Waals surface area contributed by atoms with Gasteiger partial charge >= 0.3 is 0 Å². The van der Waals surface area contributed by atoms with Gasteiger partial charge in [0.1, 0.15) is 0 Å². The number of fused-ring (bicyclic) bond motifs is 2. The van der Waals surface area contributed by atoms with E-state index in [0.29, 0.717) is 11.2 Å². The van der Waals surface area contributed by atoms with E-state index in [0.717, 1.165) is 18.5 Å². The molecule has 0 saturated carbocycles. The van der Waals surface area contributed by atoms with Gasteiger partial charge in [0.25, 0.3) is 0 Å². The third-order valence-electron chi connectivity index (χ3n) is 4.42. The molecule has 0 saturated heterocycles. The molecule has 0 bridgehead atoms. The zero-order valence-electron chi connectivity index (χ0n) is 12.3. The largest absolute Gasteiger partial charge is 0.402 e. The summed E-state index contributed by atoms with van der Waals surface area (Å²) in [4.78, 5) is 1.40. The predicted molar refractivity (Wildman–Crippen MR) is 93.9 cm³/mol. The van der Waals surface area contributed by atoms with E-state index < -0.39 is 0 Å². The lowest BCUT2D eigenvalue weighted by molar-refractivity contribution is 0.608. The quantitative estimate of drug-likeness (QED) is 0.837. The lowest BCUT2D eigenvalue weighted by Gasteiger charge is -2.28. The van der Waals surface area contributed by atoms with E-state index in [4.69, 9.17) is 5.73 Å². The summed E-state index contributed by atoms with van der Waals surface area (Å²) in [5, 5.41) is 0.430. The lowest BCUT2D eigenvalue weighted by atomic mass is 9.83. The summed E-state index contributed by atoms with van der Waals surface area (Å²) >= 11 is 1.96. The van der Waals surface area contributed by atoms with Crippen LogP contribution in [0.25, 0.3) is 0 Å². The van der Waals surface area contributed by atoms with Crippen molar-refractivity contribution in [2.45, 2.75) is 18.1 Å². The number of benzene rings is 1. The van der Waals surface area contributed by atoms with Crippen LogP contribution in [0.3, 0.4) is 0 Å². The molecular formula is C20H17NS. The highest BCUT2D eigenvalue weighted by Crippen LogP contribution is 2.50. The molecule has 108 valence electrons. The average Bonchev–Trinajstić information content (AvgIpc) is 2.73. The van der Waals surface area contributed by atoms with Crippen LogP contribution in [0.1, 0.15) is 12.0 Å². The average molecular weight is 303 g/mol. The highest BCUT2D eigenvalue weighted by atomic mass is 32.2. The van der Waals surface area contributed by atoms with Crippen LogP contribution in [0.5, 0.6) is 0 Å². The normalized spacial score (nSPS) is 25.5. The summed E-state index contributed by atoms with van der Waals surface area (Å²) in [6.07, 6.45) is 10.3. The molecule has 0 spiro atoms. The third-order valence-corrected chi connectivity index (χ3v) is 5.90. The molecule has 1 aromatic rings. The summed E-state index contributed by atoms with van der Waals surface area (Å²) in [6, 6.07) is 10.6. The Bertz CT molecular complexity index is 784. The topological polar surface area (TPSA) is 26.0 Å². The van der Waals surface area contributed by atoms with E-state index in [1.165, 1.54) is 21.6 Å². The Labute approximate surface area is 135 Å². The van der Waals surface area contributed by atoms with E-state index in [1.807, 2.05) is 17.8 Å². The summed E-state index contributed by atoms with van der Waals surface area (Å²) in [5.74, 6) is 6.65. The van der Waals surface area contributed by atoms with E-state index in [1.54, 1.807) is 0 Å². The van der Waals surface area contributed by atoms with Gasteiger partial charge in [0.2, 0.25) is 0 Å². The Balaban J connectivity index is 1.65. The van der Waals surface area contributed by atoms with Gasteiger partial charge in [-0.25, -0.2) is 0 Å². The van der Waals surface area contributed by atoms with Gasteiger partial charge in [-0.2, -0.15) is 0 Å². The van der Waals surface area contributed by atoms with Crippen LogP contribution < -0.4 is 5.73 Å². The Morgan fingerprint density at radius 3 is 2.91 bits per heavy atom. The Hall–Kier alpha value is -2.11. The summed E-state index contributed by atoms with van der Waals surface area (Å²) in [7, 11) is 0. The Kier molecular flexibility index (Phi) is 3.44. The second-order valence-electron chi connectivity index (χ2n) is 5.79. The first-order valence-corrected chi connectivity index (χ1v) is 8.47. The smallest absolute Gasteiger partial charge is 0.0433 e. The minimum absolute atomic E-state index is 0.362. The molecule has 22 heavy (non-hydrogen) atoms. The van der Waals surface area contributed by atoms with E-state index >= 15 is 0 Å².